The van der Waals surface area contributed by atoms with Crippen LogP contribution >= 0.6 is 11.6 Å². The molecule has 0 bridgehead atoms. The molecule has 1 atom stereocenters. The number of carbonyl (C=O) groups is 1. The lowest BCUT2D eigenvalue weighted by molar-refractivity contribution is -0.138. The fraction of sp³-hybridized carbons (Fsp3) is 0.500. The fourth-order valence-corrected chi connectivity index (χ4v) is 2.22. The second-order valence-corrected chi connectivity index (χ2v) is 5.24. The van der Waals surface area contributed by atoms with E-state index in [2.05, 4.69) is 6.92 Å². The van der Waals surface area contributed by atoms with Gasteiger partial charge in [0.15, 0.2) is 0 Å². The number of benzene rings is 1. The second-order valence-electron chi connectivity index (χ2n) is 4.80. The molecule has 1 aliphatic rings. The van der Waals surface area contributed by atoms with E-state index in [9.17, 15) is 4.79 Å². The molecule has 0 N–H and O–H groups in total. The van der Waals surface area contributed by atoms with Crippen LogP contribution in [-0.2, 0) is 4.79 Å². The summed E-state index contributed by atoms with van der Waals surface area (Å²) in [5.41, 5.74) is 1.13. The highest BCUT2D eigenvalue weighted by atomic mass is 35.5. The van der Waals surface area contributed by atoms with Gasteiger partial charge in [-0.3, -0.25) is 4.79 Å². The van der Waals surface area contributed by atoms with Gasteiger partial charge in [-0.15, -0.1) is 0 Å². The van der Waals surface area contributed by atoms with Crippen LogP contribution in [0.4, 0.5) is 0 Å². The Morgan fingerprint density at radius 1 is 1.35 bits per heavy atom. The number of carbonyl (C=O) groups excluding carboxylic acids is 1. The van der Waals surface area contributed by atoms with Gasteiger partial charge in [0.25, 0.3) is 0 Å². The third kappa shape index (κ3) is 2.63. The minimum absolute atomic E-state index is 0.111. The molecule has 1 aliphatic carbocycles. The Labute approximate surface area is 108 Å². The van der Waals surface area contributed by atoms with E-state index in [1.807, 2.05) is 36.2 Å². The molecule has 0 aromatic heterocycles. The standard InChI is InChI=1S/C14H18ClNO/c1-10(11-6-8-13(15)9-7-11)16(2)14(17)12-4-3-5-12/h6-10,12H,3-5H2,1-2H3. The fourth-order valence-electron chi connectivity index (χ4n) is 2.10. The van der Waals surface area contributed by atoms with Crippen molar-refractivity contribution in [2.24, 2.45) is 5.92 Å². The van der Waals surface area contributed by atoms with Crippen LogP contribution in [0.5, 0.6) is 0 Å². The van der Waals surface area contributed by atoms with Crippen LogP contribution in [-0.4, -0.2) is 17.9 Å². The zero-order valence-electron chi connectivity index (χ0n) is 10.3. The largest absolute Gasteiger partial charge is 0.339 e. The molecule has 0 heterocycles. The molecule has 92 valence electrons. The van der Waals surface area contributed by atoms with Gasteiger partial charge in [0, 0.05) is 18.0 Å². The summed E-state index contributed by atoms with van der Waals surface area (Å²) in [6.45, 7) is 2.06. The molecule has 2 rings (SSSR count). The van der Waals surface area contributed by atoms with E-state index in [1.54, 1.807) is 0 Å². The van der Waals surface area contributed by atoms with Crippen LogP contribution in [0.25, 0.3) is 0 Å². The van der Waals surface area contributed by atoms with Gasteiger partial charge in [-0.25, -0.2) is 0 Å². The molecule has 1 aromatic rings. The Bertz CT molecular complexity index is 397. The number of amides is 1. The lowest BCUT2D eigenvalue weighted by Gasteiger charge is -2.33. The summed E-state index contributed by atoms with van der Waals surface area (Å²) in [5, 5.41) is 0.730. The first-order chi connectivity index (χ1) is 8.09. The Morgan fingerprint density at radius 3 is 2.41 bits per heavy atom. The number of nitrogens with zero attached hydrogens (tertiary/aromatic N) is 1. The molecular weight excluding hydrogens is 234 g/mol. The average Bonchev–Trinajstić information content (AvgIpc) is 2.25. The summed E-state index contributed by atoms with van der Waals surface area (Å²) in [6.07, 6.45) is 3.30. The zero-order valence-corrected chi connectivity index (χ0v) is 11.1. The van der Waals surface area contributed by atoms with Gasteiger partial charge in [0.1, 0.15) is 0 Å². The molecule has 0 aliphatic heterocycles. The Hall–Kier alpha value is -1.02. The molecule has 1 amide bonds. The molecular formula is C14H18ClNO. The summed E-state index contributed by atoms with van der Waals surface area (Å²) >= 11 is 5.86. The van der Waals surface area contributed by atoms with Crippen molar-refractivity contribution < 1.29 is 4.79 Å². The minimum Gasteiger partial charge on any atom is -0.339 e. The van der Waals surface area contributed by atoms with Crippen LogP contribution in [0.2, 0.25) is 5.02 Å². The average molecular weight is 252 g/mol. The van der Waals surface area contributed by atoms with E-state index < -0.39 is 0 Å². The first kappa shape index (κ1) is 12.4. The second kappa shape index (κ2) is 5.09. The SMILES string of the molecule is CC(c1ccc(Cl)cc1)N(C)C(=O)C1CCC1. The van der Waals surface area contributed by atoms with Gasteiger partial charge in [-0.1, -0.05) is 30.2 Å². The molecule has 3 heteroatoms. The highest BCUT2D eigenvalue weighted by Crippen LogP contribution is 2.31. The third-order valence-corrected chi connectivity index (χ3v) is 3.99. The quantitative estimate of drug-likeness (QED) is 0.803. The highest BCUT2D eigenvalue weighted by Gasteiger charge is 2.29. The normalized spacial score (nSPS) is 17.4. The minimum atomic E-state index is 0.111. The van der Waals surface area contributed by atoms with E-state index in [4.69, 9.17) is 11.6 Å². The van der Waals surface area contributed by atoms with Gasteiger partial charge in [0.2, 0.25) is 5.91 Å². The first-order valence-corrected chi connectivity index (χ1v) is 6.49. The lowest BCUT2D eigenvalue weighted by atomic mass is 9.84. The van der Waals surface area contributed by atoms with Crippen molar-refractivity contribution in [3.63, 3.8) is 0 Å². The number of rotatable bonds is 3. The van der Waals surface area contributed by atoms with Crippen molar-refractivity contribution in [2.45, 2.75) is 32.2 Å². The predicted molar refractivity (Wildman–Crippen MR) is 70.0 cm³/mol. The van der Waals surface area contributed by atoms with Crippen molar-refractivity contribution in [1.82, 2.24) is 4.90 Å². The summed E-state index contributed by atoms with van der Waals surface area (Å²) in [7, 11) is 1.89. The smallest absolute Gasteiger partial charge is 0.225 e. The van der Waals surface area contributed by atoms with E-state index in [-0.39, 0.29) is 17.9 Å². The summed E-state index contributed by atoms with van der Waals surface area (Å²) in [6, 6.07) is 7.82. The Balaban J connectivity index is 2.05. The van der Waals surface area contributed by atoms with E-state index >= 15 is 0 Å². The molecule has 1 fully saturated rings. The van der Waals surface area contributed by atoms with Gasteiger partial charge < -0.3 is 4.90 Å². The lowest BCUT2D eigenvalue weighted by Crippen LogP contribution is -2.37. The Kier molecular flexibility index (Phi) is 3.72. The molecule has 2 nitrogen and oxygen atoms in total. The van der Waals surface area contributed by atoms with Crippen LogP contribution in [0.15, 0.2) is 24.3 Å². The summed E-state index contributed by atoms with van der Waals surface area (Å²) in [5.74, 6) is 0.536. The predicted octanol–water partition coefficient (Wildman–Crippen LogP) is 3.66. The first-order valence-electron chi connectivity index (χ1n) is 6.11. The number of halogens is 1. The van der Waals surface area contributed by atoms with Gasteiger partial charge in [0.05, 0.1) is 6.04 Å². The molecule has 17 heavy (non-hydrogen) atoms. The van der Waals surface area contributed by atoms with E-state index in [0.717, 1.165) is 23.4 Å². The van der Waals surface area contributed by atoms with E-state index in [1.165, 1.54) is 6.42 Å². The topological polar surface area (TPSA) is 20.3 Å². The van der Waals surface area contributed by atoms with Gasteiger partial charge in [-0.2, -0.15) is 0 Å². The third-order valence-electron chi connectivity index (χ3n) is 3.74. The van der Waals surface area contributed by atoms with Crippen molar-refractivity contribution in [1.29, 1.82) is 0 Å². The van der Waals surface area contributed by atoms with Crippen molar-refractivity contribution >= 4 is 17.5 Å². The maximum absolute atomic E-state index is 12.1. The Morgan fingerprint density at radius 2 is 1.94 bits per heavy atom. The summed E-state index contributed by atoms with van der Waals surface area (Å²) < 4.78 is 0. The monoisotopic (exact) mass is 251 g/mol. The molecule has 1 aromatic carbocycles. The molecule has 1 saturated carbocycles. The van der Waals surface area contributed by atoms with Crippen molar-refractivity contribution in [3.05, 3.63) is 34.9 Å². The molecule has 0 radical (unpaired) electrons. The summed E-state index contributed by atoms with van der Waals surface area (Å²) in [4.78, 5) is 14.0. The van der Waals surface area contributed by atoms with Crippen LogP contribution in [0, 0.1) is 5.92 Å². The van der Waals surface area contributed by atoms with E-state index in [0.29, 0.717) is 0 Å². The van der Waals surface area contributed by atoms with Crippen molar-refractivity contribution in [2.75, 3.05) is 7.05 Å². The van der Waals surface area contributed by atoms with Crippen LogP contribution in [0.3, 0.4) is 0 Å². The maximum atomic E-state index is 12.1. The van der Waals surface area contributed by atoms with Gasteiger partial charge >= 0.3 is 0 Å². The van der Waals surface area contributed by atoms with Crippen LogP contribution < -0.4 is 0 Å². The zero-order chi connectivity index (χ0) is 12.4. The highest BCUT2D eigenvalue weighted by molar-refractivity contribution is 6.30. The molecule has 0 spiro atoms. The molecule has 0 saturated heterocycles. The van der Waals surface area contributed by atoms with Crippen LogP contribution in [0.1, 0.15) is 37.8 Å². The number of hydrogen-bond donors (Lipinski definition) is 0. The molecule has 1 unspecified atom stereocenters. The van der Waals surface area contributed by atoms with Crippen molar-refractivity contribution in [3.8, 4) is 0 Å². The van der Waals surface area contributed by atoms with Gasteiger partial charge in [-0.05, 0) is 37.5 Å². The maximum Gasteiger partial charge on any atom is 0.225 e. The number of hydrogen-bond acceptors (Lipinski definition) is 1.